The smallest absolute Gasteiger partial charge is 0.132 e. The Labute approximate surface area is 465 Å². The van der Waals surface area contributed by atoms with Crippen molar-refractivity contribution in [2.75, 3.05) is 4.90 Å². The Hall–Kier alpha value is -9.18. The third kappa shape index (κ3) is 7.54. The van der Waals surface area contributed by atoms with Gasteiger partial charge in [0.1, 0.15) is 23.0 Å². The van der Waals surface area contributed by atoms with Crippen LogP contribution in [0.15, 0.2) is 261 Å². The molecule has 14 rings (SSSR count). The molecule has 0 saturated carbocycles. The molecule has 0 unspecified atom stereocenters. The molecule has 3 heteroatoms. The van der Waals surface area contributed by atoms with Gasteiger partial charge in [0.25, 0.3) is 0 Å². The first-order chi connectivity index (χ1) is 38.4. The fourth-order valence-corrected chi connectivity index (χ4v) is 13.2. The number of nitrogens with zero attached hydrogens (tertiary/aromatic N) is 1. The molecule has 0 bridgehead atoms. The molecule has 2 aliphatic heterocycles. The highest BCUT2D eigenvalue weighted by atomic mass is 16.5. The average molecular weight is 1020 g/mol. The van der Waals surface area contributed by atoms with Crippen LogP contribution in [0.25, 0.3) is 33.4 Å². The molecule has 11 aromatic carbocycles. The Morgan fingerprint density at radius 2 is 0.696 bits per heavy atom. The first kappa shape index (κ1) is 48.2. The number of rotatable bonds is 7. The monoisotopic (exact) mass is 1020 g/mol. The summed E-state index contributed by atoms with van der Waals surface area (Å²) in [6.45, 7) is 13.9. The van der Waals surface area contributed by atoms with E-state index in [4.69, 9.17) is 9.47 Å². The van der Waals surface area contributed by atoms with Crippen molar-refractivity contribution < 1.29 is 9.47 Å². The zero-order valence-corrected chi connectivity index (χ0v) is 45.6. The van der Waals surface area contributed by atoms with Crippen LogP contribution in [0.1, 0.15) is 97.2 Å². The fraction of sp³-hybridized carbons (Fsp3) is 0.132. The second kappa shape index (κ2) is 18.2. The van der Waals surface area contributed by atoms with Crippen molar-refractivity contribution in [2.45, 2.75) is 63.2 Å². The van der Waals surface area contributed by atoms with Gasteiger partial charge in [-0.15, -0.1) is 0 Å². The van der Waals surface area contributed by atoms with E-state index < -0.39 is 10.8 Å². The minimum absolute atomic E-state index is 0.0951. The van der Waals surface area contributed by atoms with Crippen LogP contribution in [0.2, 0.25) is 0 Å². The van der Waals surface area contributed by atoms with Crippen molar-refractivity contribution in [1.29, 1.82) is 0 Å². The second-order valence-electron chi connectivity index (χ2n) is 23.6. The van der Waals surface area contributed by atoms with E-state index in [1.807, 2.05) is 0 Å². The molecule has 0 amide bonds. The SMILES string of the molecule is CC(C)(C)c1ccc2c(c1)C1(c3ccccc3Oc3ccc(N(c4ccc5c(c4)C(c4ccccc4)(c4ccccc4)c4ccccc4O5)c4ccccc4-c4ccc(-c5ccccc5)cc4)cc31)c1cc(C(C)(C)C)ccc1-2. The molecule has 3 aliphatic rings. The summed E-state index contributed by atoms with van der Waals surface area (Å²) in [5, 5.41) is 0. The van der Waals surface area contributed by atoms with Gasteiger partial charge in [0.05, 0.1) is 16.5 Å². The van der Waals surface area contributed by atoms with E-state index in [2.05, 4.69) is 307 Å². The van der Waals surface area contributed by atoms with Gasteiger partial charge in [-0.25, -0.2) is 0 Å². The molecule has 0 atom stereocenters. The van der Waals surface area contributed by atoms with Crippen LogP contribution >= 0.6 is 0 Å². The third-order valence-electron chi connectivity index (χ3n) is 17.0. The number of benzene rings is 11. The van der Waals surface area contributed by atoms with Crippen molar-refractivity contribution in [3.8, 4) is 56.4 Å². The maximum absolute atomic E-state index is 7.17. The highest BCUT2D eigenvalue weighted by Gasteiger charge is 2.52. The lowest BCUT2D eigenvalue weighted by molar-refractivity contribution is 0.434. The number of hydrogen-bond donors (Lipinski definition) is 0. The molecule has 0 N–H and O–H groups in total. The van der Waals surface area contributed by atoms with Gasteiger partial charge in [-0.3, -0.25) is 0 Å². The molecular weight excluding hydrogens is 959 g/mol. The fourth-order valence-electron chi connectivity index (χ4n) is 13.2. The molecule has 3 nitrogen and oxygen atoms in total. The molecule has 1 aliphatic carbocycles. The summed E-state index contributed by atoms with van der Waals surface area (Å²) in [6.07, 6.45) is 0. The van der Waals surface area contributed by atoms with Crippen LogP contribution in [0.4, 0.5) is 17.1 Å². The summed E-state index contributed by atoms with van der Waals surface area (Å²) in [5.41, 5.74) is 20.4. The largest absolute Gasteiger partial charge is 0.457 e. The Morgan fingerprint density at radius 1 is 0.291 bits per heavy atom. The van der Waals surface area contributed by atoms with Crippen LogP contribution in [-0.4, -0.2) is 0 Å². The van der Waals surface area contributed by atoms with Gasteiger partial charge in [-0.05, 0) is 127 Å². The highest BCUT2D eigenvalue weighted by Crippen LogP contribution is 2.64. The lowest BCUT2D eigenvalue weighted by Crippen LogP contribution is -2.34. The van der Waals surface area contributed by atoms with Crippen LogP contribution < -0.4 is 14.4 Å². The Kier molecular flexibility index (Phi) is 11.1. The van der Waals surface area contributed by atoms with E-state index in [0.29, 0.717) is 0 Å². The minimum atomic E-state index is -0.731. The maximum Gasteiger partial charge on any atom is 0.132 e. The van der Waals surface area contributed by atoms with E-state index in [0.717, 1.165) is 84.6 Å². The average Bonchev–Trinajstić information content (AvgIpc) is 2.82. The van der Waals surface area contributed by atoms with Crippen molar-refractivity contribution >= 4 is 17.1 Å². The van der Waals surface area contributed by atoms with Gasteiger partial charge < -0.3 is 14.4 Å². The molecule has 0 fully saturated rings. The second-order valence-corrected chi connectivity index (χ2v) is 23.6. The number of hydrogen-bond acceptors (Lipinski definition) is 3. The van der Waals surface area contributed by atoms with Crippen LogP contribution in [0.3, 0.4) is 0 Å². The van der Waals surface area contributed by atoms with Gasteiger partial charge in [0.2, 0.25) is 0 Å². The van der Waals surface area contributed by atoms with E-state index >= 15 is 0 Å². The predicted octanol–water partition coefficient (Wildman–Crippen LogP) is 20.0. The van der Waals surface area contributed by atoms with Crippen LogP contribution in [-0.2, 0) is 21.7 Å². The normalized spacial score (nSPS) is 14.1. The molecule has 0 radical (unpaired) electrons. The molecule has 0 saturated heterocycles. The van der Waals surface area contributed by atoms with Gasteiger partial charge in [-0.1, -0.05) is 248 Å². The van der Waals surface area contributed by atoms with E-state index in [1.54, 1.807) is 0 Å². The van der Waals surface area contributed by atoms with Gasteiger partial charge >= 0.3 is 0 Å². The molecule has 79 heavy (non-hydrogen) atoms. The number of ether oxygens (including phenoxy) is 2. The standard InChI is InChI=1S/C76H61NO2/c1-73(2,3)55-38-42-60-61-43-39-56(74(4,5)6)47-65(61)76(64(60)46-55)63-30-18-21-33-70(63)79-72-45-41-58(49-67(72)76)77(68-31-19-16-28-59(68)52-36-34-51(35-37-52)50-22-10-7-11-23-50)57-40-44-71-66(48-57)75(53-24-12-8-13-25-53,54-26-14-9-15-27-54)62-29-17-20-32-69(62)78-71/h7-49H,1-6H3. The number of fused-ring (bicyclic) bond motifs is 11. The quantitative estimate of drug-likeness (QED) is 0.159. The molecule has 1 spiro atoms. The van der Waals surface area contributed by atoms with E-state index in [1.165, 1.54) is 44.5 Å². The first-order valence-corrected chi connectivity index (χ1v) is 27.7. The lowest BCUT2D eigenvalue weighted by Gasteiger charge is -2.42. The zero-order chi connectivity index (χ0) is 53.7. The van der Waals surface area contributed by atoms with Crippen molar-refractivity contribution in [3.63, 3.8) is 0 Å². The molecular formula is C76H61NO2. The van der Waals surface area contributed by atoms with Crippen molar-refractivity contribution in [1.82, 2.24) is 0 Å². The van der Waals surface area contributed by atoms with E-state index in [9.17, 15) is 0 Å². The van der Waals surface area contributed by atoms with Crippen LogP contribution in [0, 0.1) is 0 Å². The highest BCUT2D eigenvalue weighted by molar-refractivity contribution is 5.93. The molecule has 0 aromatic heterocycles. The van der Waals surface area contributed by atoms with Crippen molar-refractivity contribution in [2.24, 2.45) is 0 Å². The number of para-hydroxylation sites is 3. The molecule has 382 valence electrons. The zero-order valence-electron chi connectivity index (χ0n) is 45.6. The van der Waals surface area contributed by atoms with Crippen LogP contribution in [0.5, 0.6) is 23.0 Å². The summed E-state index contributed by atoms with van der Waals surface area (Å²) < 4.78 is 14.2. The van der Waals surface area contributed by atoms with Gasteiger partial charge in [0.15, 0.2) is 0 Å². The van der Waals surface area contributed by atoms with Gasteiger partial charge in [0, 0.05) is 39.2 Å². The minimum Gasteiger partial charge on any atom is -0.457 e. The summed E-state index contributed by atoms with van der Waals surface area (Å²) >= 11 is 0. The topological polar surface area (TPSA) is 21.7 Å². The predicted molar refractivity (Wildman–Crippen MR) is 325 cm³/mol. The van der Waals surface area contributed by atoms with Crippen molar-refractivity contribution in [3.05, 3.63) is 316 Å². The Bertz CT molecular complexity index is 4040. The summed E-state index contributed by atoms with van der Waals surface area (Å²) in [6, 6.07) is 96.0. The lowest BCUT2D eigenvalue weighted by atomic mass is 9.63. The maximum atomic E-state index is 7.17. The molecule has 11 aromatic rings. The van der Waals surface area contributed by atoms with E-state index in [-0.39, 0.29) is 10.8 Å². The number of anilines is 3. The first-order valence-electron chi connectivity index (χ1n) is 27.7. The summed E-state index contributed by atoms with van der Waals surface area (Å²) in [7, 11) is 0. The summed E-state index contributed by atoms with van der Waals surface area (Å²) in [5.74, 6) is 3.38. The Balaban J connectivity index is 1.06. The Morgan fingerprint density at radius 3 is 1.22 bits per heavy atom. The molecule has 2 heterocycles. The third-order valence-corrected chi connectivity index (χ3v) is 17.0. The van der Waals surface area contributed by atoms with Gasteiger partial charge in [-0.2, -0.15) is 0 Å². The summed E-state index contributed by atoms with van der Waals surface area (Å²) in [4.78, 5) is 2.48.